The number of ether oxygens (including phenoxy) is 7. The Hall–Kier alpha value is -0.810. The second-order valence-electron chi connectivity index (χ2n) is 6.75. The van der Waals surface area contributed by atoms with E-state index in [1.807, 2.05) is 104 Å². The Kier molecular flexibility index (Phi) is 111. The van der Waals surface area contributed by atoms with Gasteiger partial charge in [-0.3, -0.25) is 4.79 Å². The molecule has 43 heavy (non-hydrogen) atoms. The molecule has 9 heteroatoms. The minimum Gasteiger partial charge on any atom is -0.381 e. The van der Waals surface area contributed by atoms with Gasteiger partial charge in [0, 0.05) is 38.4 Å². The normalized spacial score (nSPS) is 8.93. The summed E-state index contributed by atoms with van der Waals surface area (Å²) in [5, 5.41) is 0. The van der Waals surface area contributed by atoms with E-state index in [0.717, 1.165) is 26.1 Å². The lowest BCUT2D eigenvalue weighted by Crippen LogP contribution is -2.39. The Balaban J connectivity index is -0.000000116. The van der Waals surface area contributed by atoms with Crippen LogP contribution in [0.2, 0.25) is 0 Å². The molecule has 1 amide bonds. The molecular weight excluding hydrogens is 550 g/mol. The third kappa shape index (κ3) is 69.4. The monoisotopic (exact) mass is 634 g/mol. The highest BCUT2D eigenvalue weighted by atomic mass is 16.6. The highest BCUT2D eigenvalue weighted by Crippen LogP contribution is 2.25. The van der Waals surface area contributed by atoms with Crippen molar-refractivity contribution in [2.75, 3.05) is 92.5 Å². The number of hydrogen-bond acceptors (Lipinski definition) is 8. The fraction of sp³-hybridized carbons (Fsp3) is 0.971. The molecule has 0 aromatic carbocycles. The molecule has 0 rings (SSSR count). The van der Waals surface area contributed by atoms with Gasteiger partial charge in [-0.2, -0.15) is 0 Å². The molecule has 0 saturated heterocycles. The predicted molar refractivity (Wildman–Crippen MR) is 188 cm³/mol. The van der Waals surface area contributed by atoms with Crippen LogP contribution < -0.4 is 5.73 Å². The van der Waals surface area contributed by atoms with E-state index in [4.69, 9.17) is 38.0 Å². The van der Waals surface area contributed by atoms with E-state index >= 15 is 0 Å². The van der Waals surface area contributed by atoms with E-state index in [-0.39, 0.29) is 11.8 Å². The van der Waals surface area contributed by atoms with Crippen LogP contribution in [0.15, 0.2) is 0 Å². The fourth-order valence-electron chi connectivity index (χ4n) is 2.50. The molecule has 0 aliphatic carbocycles. The van der Waals surface area contributed by atoms with Crippen LogP contribution in [0.3, 0.4) is 0 Å². The minimum absolute atomic E-state index is 0.170. The van der Waals surface area contributed by atoms with Crippen molar-refractivity contribution in [3.8, 4) is 0 Å². The molecule has 0 atom stereocenters. The number of nitrogens with two attached hydrogens (primary N) is 1. The van der Waals surface area contributed by atoms with E-state index in [1.165, 1.54) is 0 Å². The molecule has 0 heterocycles. The van der Waals surface area contributed by atoms with E-state index in [2.05, 4.69) is 12.7 Å². The van der Waals surface area contributed by atoms with Crippen LogP contribution in [0.4, 0.5) is 0 Å². The number of primary amides is 1. The molecule has 0 bridgehead atoms. The molecule has 2 N–H and O–H groups in total. The van der Waals surface area contributed by atoms with Crippen LogP contribution in [0, 0.1) is 5.41 Å². The molecule has 0 unspecified atom stereocenters. The Labute approximate surface area is 271 Å². The number of carbonyl (C=O) groups excluding carboxylic acids is 1. The van der Waals surface area contributed by atoms with Gasteiger partial charge in [0.05, 0.1) is 59.5 Å². The Morgan fingerprint density at radius 2 is 0.721 bits per heavy atom. The maximum Gasteiger partial charge on any atom is 0.204 e. The Morgan fingerprint density at radius 1 is 0.442 bits per heavy atom. The standard InChI is InChI=1S/C21H44O7.6C2H6.CH3NO/c1-5-10-28-20-21(18-23-7-3,19-24-8-4)9-11-25-14-15-27-17-16-26-13-12-22-6-2;6*1-2;2-1-3/h5-20H2,1-4H3;6*1-2H3;1H,(H2,2,3). The van der Waals surface area contributed by atoms with Crippen LogP contribution in [0.1, 0.15) is 124 Å². The predicted octanol–water partition coefficient (Wildman–Crippen LogP) is 8.21. The third-order valence-electron chi connectivity index (χ3n) is 4.08. The summed E-state index contributed by atoms with van der Waals surface area (Å²) in [7, 11) is 0. The molecule has 0 aliphatic rings. The summed E-state index contributed by atoms with van der Waals surface area (Å²) in [6.45, 7) is 40.9. The Bertz CT molecular complexity index is 344. The van der Waals surface area contributed by atoms with E-state index in [0.29, 0.717) is 79.3 Å². The average molecular weight is 634 g/mol. The first-order valence-electron chi connectivity index (χ1n) is 17.4. The number of rotatable bonds is 23. The molecule has 0 radical (unpaired) electrons. The van der Waals surface area contributed by atoms with Gasteiger partial charge in [0.2, 0.25) is 6.41 Å². The first-order chi connectivity index (χ1) is 21.2. The maximum atomic E-state index is 8.58. The molecule has 0 spiro atoms. The summed E-state index contributed by atoms with van der Waals surface area (Å²) in [4.78, 5) is 8.58. The van der Waals surface area contributed by atoms with Gasteiger partial charge < -0.3 is 38.9 Å². The quantitative estimate of drug-likeness (QED) is 0.0886. The van der Waals surface area contributed by atoms with Crippen molar-refractivity contribution < 1.29 is 38.0 Å². The SMILES string of the molecule is CC.CC.CC.CC.CC.CC.CCCOCC(CCOCCOCCOCCOCC)(COCC)COCC.NC=O. The number of amides is 1. The summed E-state index contributed by atoms with van der Waals surface area (Å²) in [6.07, 6.45) is 2.08. The summed E-state index contributed by atoms with van der Waals surface area (Å²) in [6, 6.07) is 0. The van der Waals surface area contributed by atoms with Crippen molar-refractivity contribution in [2.24, 2.45) is 11.1 Å². The molecule has 0 saturated carbocycles. The molecule has 9 nitrogen and oxygen atoms in total. The van der Waals surface area contributed by atoms with Crippen molar-refractivity contribution >= 4 is 6.41 Å². The van der Waals surface area contributed by atoms with Crippen molar-refractivity contribution in [2.45, 2.75) is 124 Å². The highest BCUT2D eigenvalue weighted by Gasteiger charge is 2.31. The fourth-order valence-corrected chi connectivity index (χ4v) is 2.50. The molecule has 0 aromatic rings. The number of carbonyl (C=O) groups is 1. The van der Waals surface area contributed by atoms with Crippen LogP contribution in [-0.4, -0.2) is 98.9 Å². The molecule has 0 fully saturated rings. The largest absolute Gasteiger partial charge is 0.381 e. The van der Waals surface area contributed by atoms with Gasteiger partial charge in [-0.05, 0) is 33.6 Å². The topological polar surface area (TPSA) is 108 Å². The lowest BCUT2D eigenvalue weighted by atomic mass is 9.87. The molecule has 0 aliphatic heterocycles. The van der Waals surface area contributed by atoms with Crippen molar-refractivity contribution in [1.29, 1.82) is 0 Å². The smallest absolute Gasteiger partial charge is 0.204 e. The molecular formula is C34H83NO8. The van der Waals surface area contributed by atoms with Crippen LogP contribution in [0.25, 0.3) is 0 Å². The average Bonchev–Trinajstić information content (AvgIpc) is 3.09. The van der Waals surface area contributed by atoms with Gasteiger partial charge in [-0.15, -0.1) is 0 Å². The second kappa shape index (κ2) is 78.1. The van der Waals surface area contributed by atoms with Gasteiger partial charge in [-0.25, -0.2) is 0 Å². The van der Waals surface area contributed by atoms with Crippen molar-refractivity contribution in [3.63, 3.8) is 0 Å². The lowest BCUT2D eigenvalue weighted by Gasteiger charge is -2.33. The van der Waals surface area contributed by atoms with Crippen LogP contribution in [-0.2, 0) is 38.0 Å². The summed E-state index contributed by atoms with van der Waals surface area (Å²) < 4.78 is 39.2. The number of hydrogen-bond donors (Lipinski definition) is 1. The summed E-state index contributed by atoms with van der Waals surface area (Å²) in [5.74, 6) is 0. The van der Waals surface area contributed by atoms with Crippen LogP contribution in [0.5, 0.6) is 0 Å². The minimum atomic E-state index is -0.170. The maximum absolute atomic E-state index is 8.58. The van der Waals surface area contributed by atoms with Crippen molar-refractivity contribution in [1.82, 2.24) is 0 Å². The second-order valence-corrected chi connectivity index (χ2v) is 6.75. The lowest BCUT2D eigenvalue weighted by molar-refractivity contribution is -0.106. The van der Waals surface area contributed by atoms with Crippen molar-refractivity contribution in [3.05, 3.63) is 0 Å². The zero-order chi connectivity index (χ0) is 35.5. The molecule has 272 valence electrons. The van der Waals surface area contributed by atoms with E-state index in [9.17, 15) is 0 Å². The summed E-state index contributed by atoms with van der Waals surface area (Å²) in [5.41, 5.74) is 4.00. The van der Waals surface area contributed by atoms with Crippen LogP contribution >= 0.6 is 0 Å². The zero-order valence-electron chi connectivity index (χ0n) is 32.2. The van der Waals surface area contributed by atoms with Gasteiger partial charge >= 0.3 is 0 Å². The first-order valence-corrected chi connectivity index (χ1v) is 17.4. The molecule has 0 aromatic heterocycles. The highest BCUT2D eigenvalue weighted by molar-refractivity contribution is 5.42. The van der Waals surface area contributed by atoms with Gasteiger partial charge in [0.25, 0.3) is 0 Å². The van der Waals surface area contributed by atoms with E-state index in [1.54, 1.807) is 0 Å². The zero-order valence-corrected chi connectivity index (χ0v) is 32.2. The van der Waals surface area contributed by atoms with Gasteiger partial charge in [0.15, 0.2) is 0 Å². The third-order valence-corrected chi connectivity index (χ3v) is 4.08. The van der Waals surface area contributed by atoms with Gasteiger partial charge in [0.1, 0.15) is 0 Å². The van der Waals surface area contributed by atoms with Gasteiger partial charge in [-0.1, -0.05) is 90.0 Å². The summed E-state index contributed by atoms with van der Waals surface area (Å²) >= 11 is 0. The Morgan fingerprint density at radius 3 is 1.02 bits per heavy atom. The first kappa shape index (κ1) is 61.2. The van der Waals surface area contributed by atoms with E-state index < -0.39 is 0 Å².